The van der Waals surface area contributed by atoms with Gasteiger partial charge in [0.05, 0.1) is 25.2 Å². The molecule has 0 N–H and O–H groups in total. The van der Waals surface area contributed by atoms with Gasteiger partial charge in [0, 0.05) is 7.11 Å². The summed E-state index contributed by atoms with van der Waals surface area (Å²) in [5, 5.41) is 0. The number of ether oxygens (including phenoxy) is 2. The van der Waals surface area contributed by atoms with Crippen LogP contribution in [0.3, 0.4) is 0 Å². The third-order valence-corrected chi connectivity index (χ3v) is 4.56. The lowest BCUT2D eigenvalue weighted by Crippen LogP contribution is -2.46. The van der Waals surface area contributed by atoms with Crippen LogP contribution in [0.15, 0.2) is 42.9 Å². The fourth-order valence-electron chi connectivity index (χ4n) is 3.02. The summed E-state index contributed by atoms with van der Waals surface area (Å²) in [5.41, 5.74) is 1.13. The molecule has 0 spiro atoms. The van der Waals surface area contributed by atoms with E-state index in [0.717, 1.165) is 24.8 Å². The summed E-state index contributed by atoms with van der Waals surface area (Å²) in [7, 11) is 1.63. The van der Waals surface area contributed by atoms with E-state index in [1.54, 1.807) is 19.6 Å². The van der Waals surface area contributed by atoms with Gasteiger partial charge in [-0.3, -0.25) is 0 Å². The van der Waals surface area contributed by atoms with Gasteiger partial charge in [0.2, 0.25) is 0 Å². The van der Waals surface area contributed by atoms with Crippen LogP contribution in [0, 0.1) is 0 Å². The van der Waals surface area contributed by atoms with Crippen molar-refractivity contribution in [2.45, 2.75) is 37.8 Å². The largest absolute Gasteiger partial charge is 0.452 e. The SMILES string of the molecule is COCC1(OC(=O)c2cncn2[C@H](C)c2ccccc2)CCC1. The van der Waals surface area contributed by atoms with Gasteiger partial charge in [-0.2, -0.15) is 0 Å². The van der Waals surface area contributed by atoms with E-state index in [0.29, 0.717) is 12.3 Å². The molecule has 0 aliphatic heterocycles. The Morgan fingerprint density at radius 2 is 2.09 bits per heavy atom. The summed E-state index contributed by atoms with van der Waals surface area (Å²) in [6.07, 6.45) is 6.03. The predicted molar refractivity (Wildman–Crippen MR) is 86.4 cm³/mol. The standard InChI is InChI=1S/C18H22N2O3/c1-14(15-7-4-3-5-8-15)20-13-19-11-16(20)17(21)23-18(12-22-2)9-6-10-18/h3-5,7-8,11,13-14H,6,9-10,12H2,1-2H3/t14-/m1/s1. The summed E-state index contributed by atoms with van der Waals surface area (Å²) in [4.78, 5) is 16.7. The van der Waals surface area contributed by atoms with Crippen LogP contribution in [-0.4, -0.2) is 34.8 Å². The van der Waals surface area contributed by atoms with Crippen molar-refractivity contribution in [3.05, 3.63) is 54.1 Å². The Balaban J connectivity index is 1.79. The molecule has 1 aromatic heterocycles. The summed E-state index contributed by atoms with van der Waals surface area (Å²) < 4.78 is 12.8. The zero-order chi connectivity index (χ0) is 16.3. The molecule has 0 saturated heterocycles. The normalized spacial score (nSPS) is 17.3. The number of esters is 1. The number of nitrogens with zero attached hydrogens (tertiary/aromatic N) is 2. The summed E-state index contributed by atoms with van der Waals surface area (Å²) in [6, 6.07) is 10.0. The van der Waals surface area contributed by atoms with Gasteiger partial charge in [-0.15, -0.1) is 0 Å². The van der Waals surface area contributed by atoms with Crippen LogP contribution < -0.4 is 0 Å². The maximum Gasteiger partial charge on any atom is 0.357 e. The average Bonchev–Trinajstić information content (AvgIpc) is 3.02. The molecule has 5 heteroatoms. The molecule has 2 aromatic rings. The molecule has 1 aliphatic rings. The van der Waals surface area contributed by atoms with Crippen molar-refractivity contribution in [3.8, 4) is 0 Å². The van der Waals surface area contributed by atoms with Crippen molar-refractivity contribution in [3.63, 3.8) is 0 Å². The van der Waals surface area contributed by atoms with E-state index in [-0.39, 0.29) is 12.0 Å². The van der Waals surface area contributed by atoms with Crippen LogP contribution in [0.5, 0.6) is 0 Å². The van der Waals surface area contributed by atoms with Gasteiger partial charge in [-0.25, -0.2) is 9.78 Å². The average molecular weight is 314 g/mol. The van der Waals surface area contributed by atoms with Gasteiger partial charge in [-0.05, 0) is 31.7 Å². The molecule has 1 heterocycles. The number of methoxy groups -OCH3 is 1. The molecule has 0 unspecified atom stereocenters. The second kappa shape index (κ2) is 6.54. The molecule has 5 nitrogen and oxygen atoms in total. The summed E-state index contributed by atoms with van der Waals surface area (Å²) >= 11 is 0. The number of imidazole rings is 1. The lowest BCUT2D eigenvalue weighted by molar-refractivity contribution is -0.100. The van der Waals surface area contributed by atoms with Crippen molar-refractivity contribution in [2.75, 3.05) is 13.7 Å². The minimum Gasteiger partial charge on any atom is -0.452 e. The third kappa shape index (κ3) is 3.15. The maximum atomic E-state index is 12.6. The first kappa shape index (κ1) is 15.7. The first-order chi connectivity index (χ1) is 11.2. The molecule has 0 bridgehead atoms. The monoisotopic (exact) mass is 314 g/mol. The van der Waals surface area contributed by atoms with Crippen LogP contribution >= 0.6 is 0 Å². The van der Waals surface area contributed by atoms with Gasteiger partial charge in [-0.1, -0.05) is 30.3 Å². The first-order valence-corrected chi connectivity index (χ1v) is 7.94. The Kier molecular flexibility index (Phi) is 4.48. The Morgan fingerprint density at radius 1 is 1.35 bits per heavy atom. The zero-order valence-electron chi connectivity index (χ0n) is 13.6. The fraction of sp³-hybridized carbons (Fsp3) is 0.444. The van der Waals surface area contributed by atoms with E-state index < -0.39 is 5.60 Å². The van der Waals surface area contributed by atoms with Gasteiger partial charge in [0.1, 0.15) is 11.3 Å². The number of benzene rings is 1. The predicted octanol–water partition coefficient (Wildman–Crippen LogP) is 3.22. The maximum absolute atomic E-state index is 12.6. The molecule has 0 amide bonds. The first-order valence-electron chi connectivity index (χ1n) is 7.94. The second-order valence-corrected chi connectivity index (χ2v) is 6.13. The number of hydrogen-bond donors (Lipinski definition) is 0. The van der Waals surface area contributed by atoms with Crippen LogP contribution in [0.25, 0.3) is 0 Å². The van der Waals surface area contributed by atoms with Crippen molar-refractivity contribution in [1.82, 2.24) is 9.55 Å². The van der Waals surface area contributed by atoms with E-state index in [1.165, 1.54) is 0 Å². The van der Waals surface area contributed by atoms with Crippen LogP contribution in [0.2, 0.25) is 0 Å². The van der Waals surface area contributed by atoms with E-state index >= 15 is 0 Å². The highest BCUT2D eigenvalue weighted by Crippen LogP contribution is 2.36. The quantitative estimate of drug-likeness (QED) is 0.768. The molecule has 1 fully saturated rings. The minimum atomic E-state index is -0.461. The van der Waals surface area contributed by atoms with E-state index in [1.807, 2.05) is 41.8 Å². The number of hydrogen-bond acceptors (Lipinski definition) is 4. The lowest BCUT2D eigenvalue weighted by atomic mass is 9.80. The van der Waals surface area contributed by atoms with E-state index in [9.17, 15) is 4.79 Å². The molecule has 1 atom stereocenters. The Hall–Kier alpha value is -2.14. The second-order valence-electron chi connectivity index (χ2n) is 6.13. The molecule has 1 aromatic carbocycles. The van der Waals surface area contributed by atoms with Gasteiger partial charge in [0.25, 0.3) is 0 Å². The smallest absolute Gasteiger partial charge is 0.357 e. The number of carbonyl (C=O) groups is 1. The molecule has 1 aliphatic carbocycles. The number of rotatable bonds is 6. The van der Waals surface area contributed by atoms with Gasteiger partial charge >= 0.3 is 5.97 Å². The summed E-state index contributed by atoms with van der Waals surface area (Å²) in [5.74, 6) is -0.331. The highest BCUT2D eigenvalue weighted by atomic mass is 16.6. The topological polar surface area (TPSA) is 53.4 Å². The van der Waals surface area contributed by atoms with Crippen LogP contribution in [0.4, 0.5) is 0 Å². The molecule has 1 saturated carbocycles. The van der Waals surface area contributed by atoms with E-state index in [2.05, 4.69) is 4.98 Å². The van der Waals surface area contributed by atoms with Gasteiger partial charge < -0.3 is 14.0 Å². The molecule has 23 heavy (non-hydrogen) atoms. The molecule has 0 radical (unpaired) electrons. The highest BCUT2D eigenvalue weighted by molar-refractivity contribution is 5.87. The Bertz CT molecular complexity index is 662. The van der Waals surface area contributed by atoms with Crippen molar-refractivity contribution in [1.29, 1.82) is 0 Å². The van der Waals surface area contributed by atoms with Crippen LogP contribution in [-0.2, 0) is 9.47 Å². The van der Waals surface area contributed by atoms with Crippen molar-refractivity contribution in [2.24, 2.45) is 0 Å². The van der Waals surface area contributed by atoms with Crippen LogP contribution in [0.1, 0.15) is 48.3 Å². The highest BCUT2D eigenvalue weighted by Gasteiger charge is 2.41. The summed E-state index contributed by atoms with van der Waals surface area (Å²) in [6.45, 7) is 2.49. The number of aromatic nitrogens is 2. The molecule has 122 valence electrons. The molecular formula is C18H22N2O3. The minimum absolute atomic E-state index is 0.0148. The van der Waals surface area contributed by atoms with Crippen molar-refractivity contribution >= 4 is 5.97 Å². The number of carbonyl (C=O) groups excluding carboxylic acids is 1. The van der Waals surface area contributed by atoms with Crippen molar-refractivity contribution < 1.29 is 14.3 Å². The lowest BCUT2D eigenvalue weighted by Gasteiger charge is -2.40. The molecule has 3 rings (SSSR count). The van der Waals surface area contributed by atoms with E-state index in [4.69, 9.17) is 9.47 Å². The van der Waals surface area contributed by atoms with Gasteiger partial charge in [0.15, 0.2) is 0 Å². The Labute approximate surface area is 136 Å². The fourth-order valence-corrected chi connectivity index (χ4v) is 3.02. The third-order valence-electron chi connectivity index (χ3n) is 4.56. The Morgan fingerprint density at radius 3 is 2.70 bits per heavy atom. The molecular weight excluding hydrogens is 292 g/mol. The zero-order valence-corrected chi connectivity index (χ0v) is 13.6.